The molecule has 0 saturated heterocycles. The SMILES string of the molecule is Cc1cc(C)c2nc(-n3ncc(C#N)c3NC(=O)c3cc4ccccc4oc3=O)cc(C)c2c1. The maximum atomic E-state index is 13.1. The van der Waals surface area contributed by atoms with E-state index in [4.69, 9.17) is 9.40 Å². The number of amides is 1. The van der Waals surface area contributed by atoms with Crippen molar-refractivity contribution in [2.24, 2.45) is 0 Å². The molecule has 0 aliphatic heterocycles. The summed E-state index contributed by atoms with van der Waals surface area (Å²) in [5, 5.41) is 18.2. The second-order valence-corrected chi connectivity index (χ2v) is 8.15. The van der Waals surface area contributed by atoms with Gasteiger partial charge in [-0.2, -0.15) is 15.0 Å². The lowest BCUT2D eigenvalue weighted by atomic mass is 10.0. The number of nitrogens with zero attached hydrogens (tertiary/aromatic N) is 4. The van der Waals surface area contributed by atoms with Crippen molar-refractivity contribution in [1.82, 2.24) is 14.8 Å². The topological polar surface area (TPSA) is 114 Å². The number of hydrogen-bond donors (Lipinski definition) is 1. The van der Waals surface area contributed by atoms with Gasteiger partial charge in [-0.1, -0.05) is 29.8 Å². The molecule has 1 N–H and O–H groups in total. The first-order valence-electron chi connectivity index (χ1n) is 10.6. The molecule has 0 unspecified atom stereocenters. The number of aryl methyl sites for hydroxylation is 3. The third-order valence-corrected chi connectivity index (χ3v) is 5.67. The van der Waals surface area contributed by atoms with E-state index in [0.717, 1.165) is 27.6 Å². The van der Waals surface area contributed by atoms with Gasteiger partial charge < -0.3 is 9.73 Å². The number of nitrogens with one attached hydrogen (secondary N) is 1. The monoisotopic (exact) mass is 449 g/mol. The Balaban J connectivity index is 1.61. The van der Waals surface area contributed by atoms with Crippen LogP contribution in [0.1, 0.15) is 32.6 Å². The smallest absolute Gasteiger partial charge is 0.349 e. The lowest BCUT2D eigenvalue weighted by molar-refractivity contribution is 0.102. The zero-order valence-corrected chi connectivity index (χ0v) is 18.7. The fourth-order valence-corrected chi connectivity index (χ4v) is 4.06. The van der Waals surface area contributed by atoms with Crippen LogP contribution in [0.4, 0.5) is 5.82 Å². The number of benzene rings is 2. The molecule has 166 valence electrons. The average Bonchev–Trinajstić information content (AvgIpc) is 3.21. The molecule has 0 fully saturated rings. The number of carbonyl (C=O) groups excluding carboxylic acids is 1. The van der Waals surface area contributed by atoms with E-state index < -0.39 is 11.5 Å². The molecule has 0 aliphatic carbocycles. The summed E-state index contributed by atoms with van der Waals surface area (Å²) in [5.41, 5.74) is 3.50. The van der Waals surface area contributed by atoms with Gasteiger partial charge in [-0.05, 0) is 56.2 Å². The van der Waals surface area contributed by atoms with E-state index >= 15 is 0 Å². The highest BCUT2D eigenvalue weighted by atomic mass is 16.4. The molecule has 5 aromatic rings. The van der Waals surface area contributed by atoms with Crippen molar-refractivity contribution in [2.75, 3.05) is 5.32 Å². The van der Waals surface area contributed by atoms with Crippen LogP contribution in [-0.4, -0.2) is 20.7 Å². The number of hydrogen-bond acceptors (Lipinski definition) is 6. The molecule has 0 aliphatic rings. The first-order valence-corrected chi connectivity index (χ1v) is 10.6. The van der Waals surface area contributed by atoms with Crippen LogP contribution >= 0.6 is 0 Å². The van der Waals surface area contributed by atoms with Crippen LogP contribution in [0.5, 0.6) is 0 Å². The van der Waals surface area contributed by atoms with Gasteiger partial charge >= 0.3 is 5.63 Å². The summed E-state index contributed by atoms with van der Waals surface area (Å²) >= 11 is 0. The quantitative estimate of drug-likeness (QED) is 0.404. The number of nitriles is 1. The van der Waals surface area contributed by atoms with Gasteiger partial charge in [0.25, 0.3) is 5.91 Å². The minimum Gasteiger partial charge on any atom is -0.422 e. The van der Waals surface area contributed by atoms with Crippen LogP contribution in [0.15, 0.2) is 63.9 Å². The van der Waals surface area contributed by atoms with Gasteiger partial charge in [0.15, 0.2) is 11.6 Å². The third kappa shape index (κ3) is 3.49. The summed E-state index contributed by atoms with van der Waals surface area (Å²) in [6, 6.07) is 16.4. The molecule has 2 aromatic carbocycles. The number of fused-ring (bicyclic) bond motifs is 2. The maximum Gasteiger partial charge on any atom is 0.349 e. The Morgan fingerprint density at radius 2 is 1.88 bits per heavy atom. The molecule has 0 radical (unpaired) electrons. The molecular weight excluding hydrogens is 430 g/mol. The van der Waals surface area contributed by atoms with Crippen molar-refractivity contribution >= 4 is 33.6 Å². The predicted molar refractivity (Wildman–Crippen MR) is 128 cm³/mol. The molecule has 1 amide bonds. The second kappa shape index (κ2) is 7.98. The zero-order valence-electron chi connectivity index (χ0n) is 18.7. The summed E-state index contributed by atoms with van der Waals surface area (Å²) < 4.78 is 6.67. The van der Waals surface area contributed by atoms with Crippen LogP contribution < -0.4 is 10.9 Å². The van der Waals surface area contributed by atoms with Gasteiger partial charge in [-0.25, -0.2) is 9.78 Å². The first kappa shape index (κ1) is 21.1. The van der Waals surface area contributed by atoms with Crippen molar-refractivity contribution in [2.45, 2.75) is 20.8 Å². The molecule has 34 heavy (non-hydrogen) atoms. The van der Waals surface area contributed by atoms with Crippen LogP contribution in [0.25, 0.3) is 27.7 Å². The summed E-state index contributed by atoms with van der Waals surface area (Å²) in [6.45, 7) is 5.99. The van der Waals surface area contributed by atoms with Crippen LogP contribution in [0.3, 0.4) is 0 Å². The predicted octanol–water partition coefficient (Wildman–Crippen LogP) is 4.58. The van der Waals surface area contributed by atoms with Crippen LogP contribution in [0, 0.1) is 32.1 Å². The zero-order chi connectivity index (χ0) is 24.0. The molecule has 0 spiro atoms. The Morgan fingerprint density at radius 3 is 2.68 bits per heavy atom. The van der Waals surface area contributed by atoms with E-state index in [9.17, 15) is 14.9 Å². The van der Waals surface area contributed by atoms with E-state index in [1.807, 2.05) is 39.0 Å². The summed E-state index contributed by atoms with van der Waals surface area (Å²) in [5.74, 6) is -0.141. The number of anilines is 1. The fourth-order valence-electron chi connectivity index (χ4n) is 4.06. The molecule has 0 bridgehead atoms. The van der Waals surface area contributed by atoms with Gasteiger partial charge in [0, 0.05) is 10.8 Å². The molecule has 0 saturated carbocycles. The van der Waals surface area contributed by atoms with Gasteiger partial charge in [0.2, 0.25) is 0 Å². The highest BCUT2D eigenvalue weighted by Gasteiger charge is 2.21. The molecule has 8 heteroatoms. The lowest BCUT2D eigenvalue weighted by Gasteiger charge is -2.12. The van der Waals surface area contributed by atoms with Crippen molar-refractivity contribution in [1.29, 1.82) is 5.26 Å². The van der Waals surface area contributed by atoms with E-state index in [0.29, 0.717) is 16.8 Å². The Kier molecular flexibility index (Phi) is 4.95. The van der Waals surface area contributed by atoms with E-state index in [2.05, 4.69) is 16.5 Å². The van der Waals surface area contributed by atoms with Gasteiger partial charge in [-0.15, -0.1) is 0 Å². The molecule has 5 rings (SSSR count). The summed E-state index contributed by atoms with van der Waals surface area (Å²) in [6.07, 6.45) is 1.35. The minimum atomic E-state index is -0.772. The first-order chi connectivity index (χ1) is 16.4. The number of pyridine rings is 1. The number of rotatable bonds is 3. The summed E-state index contributed by atoms with van der Waals surface area (Å²) in [7, 11) is 0. The van der Waals surface area contributed by atoms with Crippen molar-refractivity contribution < 1.29 is 9.21 Å². The van der Waals surface area contributed by atoms with Gasteiger partial charge in [0.05, 0.1) is 11.7 Å². The number of carbonyl (C=O) groups is 1. The third-order valence-electron chi connectivity index (χ3n) is 5.67. The fraction of sp³-hybridized carbons (Fsp3) is 0.115. The second-order valence-electron chi connectivity index (χ2n) is 8.15. The number of para-hydroxylation sites is 1. The van der Waals surface area contributed by atoms with Crippen molar-refractivity contribution in [3.05, 3.63) is 93.0 Å². The lowest BCUT2D eigenvalue weighted by Crippen LogP contribution is -2.22. The summed E-state index contributed by atoms with van der Waals surface area (Å²) in [4.78, 5) is 30.3. The standard InChI is InChI=1S/C26H19N5O3/c1-14-8-16(3)23-19(9-14)15(2)10-22(29-23)31-24(18(12-27)13-28-31)30-25(32)20-11-17-6-4-5-7-21(17)34-26(20)33/h4-11,13H,1-3H3,(H,30,32). The van der Waals surface area contributed by atoms with Crippen LogP contribution in [0.2, 0.25) is 0 Å². The van der Waals surface area contributed by atoms with E-state index in [-0.39, 0.29) is 16.9 Å². The molecular formula is C26H19N5O3. The van der Waals surface area contributed by atoms with E-state index in [1.165, 1.54) is 16.9 Å². The maximum absolute atomic E-state index is 13.1. The number of aromatic nitrogens is 3. The Labute approximate surface area is 194 Å². The van der Waals surface area contributed by atoms with Gasteiger partial charge in [-0.3, -0.25) is 4.79 Å². The highest BCUT2D eigenvalue weighted by Crippen LogP contribution is 2.27. The Morgan fingerprint density at radius 1 is 1.09 bits per heavy atom. The minimum absolute atomic E-state index is 0.121. The molecule has 3 heterocycles. The van der Waals surface area contributed by atoms with Crippen molar-refractivity contribution in [3.8, 4) is 11.9 Å². The van der Waals surface area contributed by atoms with E-state index in [1.54, 1.807) is 24.3 Å². The molecule has 3 aromatic heterocycles. The van der Waals surface area contributed by atoms with Crippen molar-refractivity contribution in [3.63, 3.8) is 0 Å². The molecule has 0 atom stereocenters. The Hall–Kier alpha value is -4.77. The average molecular weight is 449 g/mol. The highest BCUT2D eigenvalue weighted by molar-refractivity contribution is 6.05. The normalized spacial score (nSPS) is 11.0. The Bertz CT molecular complexity index is 1720. The largest absolute Gasteiger partial charge is 0.422 e. The molecule has 8 nitrogen and oxygen atoms in total. The van der Waals surface area contributed by atoms with Crippen LogP contribution in [-0.2, 0) is 0 Å². The van der Waals surface area contributed by atoms with Gasteiger partial charge in [0.1, 0.15) is 22.8 Å².